The summed E-state index contributed by atoms with van der Waals surface area (Å²) in [4.78, 5) is 11.9. The van der Waals surface area contributed by atoms with E-state index < -0.39 is 0 Å². The number of nitrogens with one attached hydrogen (secondary N) is 2. The van der Waals surface area contributed by atoms with Gasteiger partial charge in [0.2, 0.25) is 5.91 Å². The van der Waals surface area contributed by atoms with Gasteiger partial charge in [-0.3, -0.25) is 4.79 Å². The van der Waals surface area contributed by atoms with Crippen LogP contribution in [0.2, 0.25) is 0 Å². The number of hydrogen-bond acceptors (Lipinski definition) is 2. The van der Waals surface area contributed by atoms with E-state index in [1.54, 1.807) is 0 Å². The first-order valence-electron chi connectivity index (χ1n) is 6.92. The van der Waals surface area contributed by atoms with Gasteiger partial charge in [0.25, 0.3) is 0 Å². The molecule has 0 heterocycles. The molecule has 0 fully saturated rings. The van der Waals surface area contributed by atoms with Crippen molar-refractivity contribution < 1.29 is 4.79 Å². The molecule has 0 aromatic heterocycles. The fourth-order valence-corrected chi connectivity index (χ4v) is 2.33. The van der Waals surface area contributed by atoms with Crippen molar-refractivity contribution in [3.63, 3.8) is 0 Å². The Labute approximate surface area is 133 Å². The maximum Gasteiger partial charge on any atom is 0.226 e. The molecule has 0 atom stereocenters. The molecule has 2 N–H and O–H groups in total. The first kappa shape index (κ1) is 15.6. The van der Waals surface area contributed by atoms with E-state index in [1.165, 1.54) is 5.56 Å². The van der Waals surface area contributed by atoms with Crippen molar-refractivity contribution in [3.8, 4) is 0 Å². The van der Waals surface area contributed by atoms with Gasteiger partial charge in [0.05, 0.1) is 0 Å². The molecule has 2 aromatic rings. The lowest BCUT2D eigenvalue weighted by Crippen LogP contribution is -2.16. The van der Waals surface area contributed by atoms with Crippen LogP contribution >= 0.6 is 15.9 Å². The van der Waals surface area contributed by atoms with E-state index in [0.717, 1.165) is 21.4 Å². The van der Waals surface area contributed by atoms with Crippen LogP contribution in [0, 0.1) is 13.8 Å². The fraction of sp³-hybridized carbons (Fsp3) is 0.235. The summed E-state index contributed by atoms with van der Waals surface area (Å²) in [6, 6.07) is 13.9. The van der Waals surface area contributed by atoms with E-state index in [0.29, 0.717) is 13.0 Å². The van der Waals surface area contributed by atoms with E-state index in [1.807, 2.05) is 56.3 Å². The van der Waals surface area contributed by atoms with Crippen LogP contribution in [-0.2, 0) is 4.79 Å². The van der Waals surface area contributed by atoms with Crippen molar-refractivity contribution in [2.45, 2.75) is 20.3 Å². The highest BCUT2D eigenvalue weighted by Crippen LogP contribution is 2.20. The summed E-state index contributed by atoms with van der Waals surface area (Å²) in [6.45, 7) is 4.63. The molecule has 0 saturated carbocycles. The highest BCUT2D eigenvalue weighted by atomic mass is 79.9. The minimum Gasteiger partial charge on any atom is -0.384 e. The Bertz CT molecular complexity index is 640. The highest BCUT2D eigenvalue weighted by molar-refractivity contribution is 9.10. The van der Waals surface area contributed by atoms with Gasteiger partial charge in [0.1, 0.15) is 0 Å². The fourth-order valence-electron chi connectivity index (χ4n) is 1.95. The highest BCUT2D eigenvalue weighted by Gasteiger charge is 2.04. The Hall–Kier alpha value is -1.81. The average molecular weight is 347 g/mol. The standard InChI is InChI=1S/C17H19BrN2O/c1-12-7-8-14(11-15(12)18)19-10-9-17(21)20-16-6-4-3-5-13(16)2/h3-8,11,19H,9-10H2,1-2H3,(H,20,21). The zero-order valence-corrected chi connectivity index (χ0v) is 13.8. The number of carbonyl (C=O) groups excluding carboxylic acids is 1. The number of aryl methyl sites for hydroxylation is 2. The molecule has 0 aliphatic carbocycles. The maximum absolute atomic E-state index is 11.9. The molecule has 1 amide bonds. The third-order valence-corrected chi connectivity index (χ3v) is 4.13. The second-order valence-electron chi connectivity index (χ2n) is 5.00. The van der Waals surface area contributed by atoms with E-state index >= 15 is 0 Å². The van der Waals surface area contributed by atoms with Crippen LogP contribution in [0.15, 0.2) is 46.9 Å². The minimum atomic E-state index is 0.0166. The van der Waals surface area contributed by atoms with Crippen LogP contribution in [-0.4, -0.2) is 12.5 Å². The van der Waals surface area contributed by atoms with Crippen molar-refractivity contribution in [2.24, 2.45) is 0 Å². The first-order chi connectivity index (χ1) is 10.1. The number of anilines is 2. The summed E-state index contributed by atoms with van der Waals surface area (Å²) < 4.78 is 1.07. The van der Waals surface area contributed by atoms with Crippen LogP contribution < -0.4 is 10.6 Å². The van der Waals surface area contributed by atoms with Crippen LogP contribution in [0.25, 0.3) is 0 Å². The number of hydrogen-bond donors (Lipinski definition) is 2. The predicted octanol–water partition coefficient (Wildman–Crippen LogP) is 4.51. The molecular formula is C17H19BrN2O. The predicted molar refractivity (Wildman–Crippen MR) is 91.8 cm³/mol. The molecule has 2 aromatic carbocycles. The summed E-state index contributed by atoms with van der Waals surface area (Å²) in [7, 11) is 0. The molecular weight excluding hydrogens is 328 g/mol. The second-order valence-corrected chi connectivity index (χ2v) is 5.86. The number of benzene rings is 2. The zero-order valence-electron chi connectivity index (χ0n) is 12.2. The Morgan fingerprint density at radius 2 is 1.86 bits per heavy atom. The molecule has 0 radical (unpaired) electrons. The summed E-state index contributed by atoms with van der Waals surface area (Å²) in [5.41, 5.74) is 4.15. The third-order valence-electron chi connectivity index (χ3n) is 3.27. The van der Waals surface area contributed by atoms with E-state index in [2.05, 4.69) is 26.6 Å². The summed E-state index contributed by atoms with van der Waals surface area (Å²) in [5.74, 6) is 0.0166. The first-order valence-corrected chi connectivity index (χ1v) is 7.71. The SMILES string of the molecule is Cc1ccc(NCCC(=O)Nc2ccccc2C)cc1Br. The second kappa shape index (κ2) is 7.27. The van der Waals surface area contributed by atoms with Crippen molar-refractivity contribution in [3.05, 3.63) is 58.1 Å². The van der Waals surface area contributed by atoms with Gasteiger partial charge in [-0.2, -0.15) is 0 Å². The molecule has 0 spiro atoms. The Kier molecular flexibility index (Phi) is 5.39. The van der Waals surface area contributed by atoms with Gasteiger partial charge < -0.3 is 10.6 Å². The van der Waals surface area contributed by atoms with Gasteiger partial charge in [0.15, 0.2) is 0 Å². The summed E-state index contributed by atoms with van der Waals surface area (Å²) in [6.07, 6.45) is 0.430. The zero-order chi connectivity index (χ0) is 15.2. The lowest BCUT2D eigenvalue weighted by molar-refractivity contribution is -0.115. The molecule has 21 heavy (non-hydrogen) atoms. The van der Waals surface area contributed by atoms with Gasteiger partial charge in [0, 0.05) is 28.8 Å². The number of carbonyl (C=O) groups is 1. The number of amides is 1. The Morgan fingerprint density at radius 3 is 2.57 bits per heavy atom. The average Bonchev–Trinajstić information content (AvgIpc) is 2.45. The Balaban J connectivity index is 1.82. The van der Waals surface area contributed by atoms with E-state index in [-0.39, 0.29) is 5.91 Å². The normalized spacial score (nSPS) is 10.2. The molecule has 0 bridgehead atoms. The topological polar surface area (TPSA) is 41.1 Å². The number of rotatable bonds is 5. The van der Waals surface area contributed by atoms with Gasteiger partial charge >= 0.3 is 0 Å². The molecule has 3 nitrogen and oxygen atoms in total. The van der Waals surface area contributed by atoms with Gasteiger partial charge in [-0.25, -0.2) is 0 Å². The van der Waals surface area contributed by atoms with Gasteiger partial charge in [-0.1, -0.05) is 40.2 Å². The Morgan fingerprint density at radius 1 is 1.10 bits per heavy atom. The number of para-hydroxylation sites is 1. The summed E-state index contributed by atoms with van der Waals surface area (Å²) in [5, 5.41) is 6.18. The molecule has 0 aliphatic rings. The molecule has 0 unspecified atom stereocenters. The molecule has 4 heteroatoms. The third kappa shape index (κ3) is 4.60. The largest absolute Gasteiger partial charge is 0.384 e. The monoisotopic (exact) mass is 346 g/mol. The van der Waals surface area contributed by atoms with Crippen molar-refractivity contribution in [1.82, 2.24) is 0 Å². The van der Waals surface area contributed by atoms with Crippen molar-refractivity contribution in [1.29, 1.82) is 0 Å². The summed E-state index contributed by atoms with van der Waals surface area (Å²) >= 11 is 3.50. The molecule has 110 valence electrons. The molecule has 0 aliphatic heterocycles. The minimum absolute atomic E-state index is 0.0166. The van der Waals surface area contributed by atoms with E-state index in [4.69, 9.17) is 0 Å². The van der Waals surface area contributed by atoms with Gasteiger partial charge in [-0.05, 0) is 43.2 Å². The molecule has 0 saturated heterocycles. The molecule has 2 rings (SSSR count). The van der Waals surface area contributed by atoms with Crippen molar-refractivity contribution >= 4 is 33.2 Å². The lowest BCUT2D eigenvalue weighted by atomic mass is 10.2. The quantitative estimate of drug-likeness (QED) is 0.836. The van der Waals surface area contributed by atoms with Crippen LogP contribution in [0.5, 0.6) is 0 Å². The van der Waals surface area contributed by atoms with Crippen LogP contribution in [0.4, 0.5) is 11.4 Å². The van der Waals surface area contributed by atoms with Crippen LogP contribution in [0.3, 0.4) is 0 Å². The van der Waals surface area contributed by atoms with Crippen molar-refractivity contribution in [2.75, 3.05) is 17.2 Å². The smallest absolute Gasteiger partial charge is 0.226 e. The van der Waals surface area contributed by atoms with Crippen LogP contribution in [0.1, 0.15) is 17.5 Å². The van der Waals surface area contributed by atoms with E-state index in [9.17, 15) is 4.79 Å². The maximum atomic E-state index is 11.9. The lowest BCUT2D eigenvalue weighted by Gasteiger charge is -2.10. The number of halogens is 1. The van der Waals surface area contributed by atoms with Gasteiger partial charge in [-0.15, -0.1) is 0 Å².